The Morgan fingerprint density at radius 3 is 1.44 bits per heavy atom. The number of aromatic nitrogens is 1. The third-order valence-electron chi connectivity index (χ3n) is 14.7. The van der Waals surface area contributed by atoms with Crippen LogP contribution in [-0.4, -0.2) is 78.6 Å². The van der Waals surface area contributed by atoms with E-state index in [2.05, 4.69) is 18.5 Å². The first-order valence-electron chi connectivity index (χ1n) is 29.5. The molecule has 6 aromatic rings. The molecule has 456 valence electrons. The van der Waals surface area contributed by atoms with Crippen LogP contribution in [0.15, 0.2) is 152 Å². The Kier molecular flexibility index (Phi) is 25.0. The number of benzene rings is 5. The van der Waals surface area contributed by atoms with Crippen LogP contribution in [0.1, 0.15) is 108 Å². The summed E-state index contributed by atoms with van der Waals surface area (Å²) >= 11 is 7.31. The molecule has 1 heterocycles. The smallest absolute Gasteiger partial charge is 0.330 e. The highest BCUT2D eigenvalue weighted by atomic mass is 32.1. The quantitative estimate of drug-likeness (QED) is 0.00843. The Hall–Kier alpha value is -8.75. The van der Waals surface area contributed by atoms with Crippen LogP contribution >= 0.6 is 23.6 Å². The van der Waals surface area contributed by atoms with Gasteiger partial charge in [-0.3, -0.25) is 19.2 Å². The minimum absolute atomic E-state index is 0.155. The van der Waals surface area contributed by atoms with E-state index in [0.717, 1.165) is 79.4 Å². The summed E-state index contributed by atoms with van der Waals surface area (Å²) in [4.78, 5) is 81.7. The first kappa shape index (κ1) is 64.3. The molecule has 0 saturated heterocycles. The lowest BCUT2D eigenvalue weighted by atomic mass is 9.82. The van der Waals surface area contributed by atoms with Gasteiger partial charge < -0.3 is 43.2 Å². The maximum atomic E-state index is 14.0. The summed E-state index contributed by atoms with van der Waals surface area (Å²) in [5.74, 6) is -1.92. The molecule has 5 aromatic carbocycles. The van der Waals surface area contributed by atoms with Gasteiger partial charge in [-0.25, -0.2) is 14.6 Å². The summed E-state index contributed by atoms with van der Waals surface area (Å²) in [6, 6.07) is 35.5. The van der Waals surface area contributed by atoms with Crippen molar-refractivity contribution in [3.05, 3.63) is 152 Å². The highest BCUT2D eigenvalue weighted by Crippen LogP contribution is 2.36. The number of thiocarbonyl (C=S) groups is 1. The van der Waals surface area contributed by atoms with Crippen LogP contribution < -0.4 is 38.7 Å². The standard InChI is InChI=1S/C67H72N4O14S2/c1-3-60(72)80-42-16-7-5-14-40-78-52-30-34-54(35-31-52)82-62(74)46-22-24-48(25-23-46)64(76)84-56-38-39-58(50(44-56)45-68-71(66(86)69-51-18-10-9-11-19-51)67-70-57-20-12-13-21-59(57)87-67)85-65(77)49-28-26-47(27-29-49)63(75)83-55-36-32-53(33-37-55)79-41-15-6-8-17-43-81-61(73)4-2/h3-4,9-13,18-21,30-39,44-49H,1-2,5-8,14-17,22-29,40-43H2,(H,69,86)/b68-45+. The molecule has 0 spiro atoms. The number of hydrogen-bond donors (Lipinski definition) is 1. The molecule has 0 amide bonds. The Bertz CT molecular complexity index is 3290. The van der Waals surface area contributed by atoms with E-state index in [1.165, 1.54) is 22.6 Å². The number of hydrazone groups is 1. The van der Waals surface area contributed by atoms with Crippen LogP contribution in [-0.2, 0) is 38.2 Å². The summed E-state index contributed by atoms with van der Waals surface area (Å²) in [6.07, 6.45) is 13.9. The monoisotopic (exact) mass is 1220 g/mol. The predicted octanol–water partition coefficient (Wildman–Crippen LogP) is 13.5. The molecule has 20 heteroatoms. The first-order valence-corrected chi connectivity index (χ1v) is 30.7. The molecule has 0 unspecified atom stereocenters. The zero-order valence-corrected chi connectivity index (χ0v) is 50.2. The van der Waals surface area contributed by atoms with Gasteiger partial charge in [0.2, 0.25) is 10.2 Å². The van der Waals surface area contributed by atoms with E-state index in [0.29, 0.717) is 111 Å². The van der Waals surface area contributed by atoms with Gasteiger partial charge in [-0.05, 0) is 206 Å². The fourth-order valence-corrected chi connectivity index (χ4v) is 11.1. The van der Waals surface area contributed by atoms with E-state index in [1.807, 2.05) is 54.6 Å². The molecule has 2 aliphatic rings. The molecule has 0 radical (unpaired) electrons. The lowest BCUT2D eigenvalue weighted by molar-refractivity contribution is -0.145. The van der Waals surface area contributed by atoms with Crippen LogP contribution in [0.25, 0.3) is 10.2 Å². The Balaban J connectivity index is 0.859. The van der Waals surface area contributed by atoms with Crippen molar-refractivity contribution in [3.8, 4) is 34.5 Å². The maximum absolute atomic E-state index is 14.0. The van der Waals surface area contributed by atoms with Crippen molar-refractivity contribution in [1.82, 2.24) is 4.98 Å². The Morgan fingerprint density at radius 2 is 0.954 bits per heavy atom. The van der Waals surface area contributed by atoms with Crippen molar-refractivity contribution in [2.45, 2.75) is 103 Å². The SMILES string of the molecule is C=CC(=O)OCCCCCCOc1ccc(OC(=O)C2CCC(C(=O)Oc3ccc(OC(=O)C4CCC(C(=O)Oc5ccc(OCCCCCCOC(=O)C=C)cc5)CC4)c(/C=N/N(C(=S)Nc4ccccc4)c4nc5ccccc5s4)c3)CC2)cc1. The number of unbranched alkanes of at least 4 members (excludes halogenated alkanes) is 6. The topological polar surface area (TPSA) is 217 Å². The molecular formula is C67H72N4O14S2. The van der Waals surface area contributed by atoms with Crippen molar-refractivity contribution in [3.63, 3.8) is 0 Å². The molecule has 2 aliphatic carbocycles. The Labute approximate surface area is 515 Å². The van der Waals surface area contributed by atoms with Crippen LogP contribution in [0.3, 0.4) is 0 Å². The summed E-state index contributed by atoms with van der Waals surface area (Å²) in [6.45, 7) is 8.55. The van der Waals surface area contributed by atoms with Gasteiger partial charge >= 0.3 is 35.8 Å². The average molecular weight is 1220 g/mol. The Morgan fingerprint density at radius 1 is 0.529 bits per heavy atom. The number of fused-ring (bicyclic) bond motifs is 1. The molecule has 18 nitrogen and oxygen atoms in total. The van der Waals surface area contributed by atoms with Crippen LogP contribution in [0, 0.1) is 23.7 Å². The van der Waals surface area contributed by atoms with E-state index >= 15 is 0 Å². The number of nitrogens with one attached hydrogen (secondary N) is 1. The van der Waals surface area contributed by atoms with Gasteiger partial charge in [0.15, 0.2) is 0 Å². The molecule has 1 aromatic heterocycles. The summed E-state index contributed by atoms with van der Waals surface area (Å²) in [5, 5.41) is 10.2. The number of ether oxygens (including phenoxy) is 8. The third-order valence-corrected chi connectivity index (χ3v) is 16.0. The fourth-order valence-electron chi connectivity index (χ4n) is 9.83. The van der Waals surface area contributed by atoms with E-state index < -0.39 is 47.5 Å². The molecular weight excluding hydrogens is 1150 g/mol. The van der Waals surface area contributed by atoms with E-state index in [4.69, 9.17) is 60.2 Å². The number of rotatable bonds is 30. The highest BCUT2D eigenvalue weighted by Gasteiger charge is 2.34. The molecule has 87 heavy (non-hydrogen) atoms. The van der Waals surface area contributed by atoms with Crippen LogP contribution in [0.4, 0.5) is 10.8 Å². The number of esters is 6. The zero-order chi connectivity index (χ0) is 61.2. The van der Waals surface area contributed by atoms with Gasteiger partial charge in [0.25, 0.3) is 0 Å². The summed E-state index contributed by atoms with van der Waals surface area (Å²) in [7, 11) is 0. The van der Waals surface area contributed by atoms with E-state index in [1.54, 1.807) is 66.7 Å². The second-order valence-corrected chi connectivity index (χ2v) is 22.4. The molecule has 2 saturated carbocycles. The van der Waals surface area contributed by atoms with Crippen molar-refractivity contribution in [2.24, 2.45) is 28.8 Å². The molecule has 0 atom stereocenters. The van der Waals surface area contributed by atoms with Crippen molar-refractivity contribution in [1.29, 1.82) is 0 Å². The number of anilines is 2. The van der Waals surface area contributed by atoms with E-state index in [9.17, 15) is 28.8 Å². The summed E-state index contributed by atoms with van der Waals surface area (Å²) < 4.78 is 46.3. The zero-order valence-electron chi connectivity index (χ0n) is 48.5. The van der Waals surface area contributed by atoms with Gasteiger partial charge in [-0.1, -0.05) is 54.8 Å². The van der Waals surface area contributed by atoms with E-state index in [-0.39, 0.29) is 28.6 Å². The maximum Gasteiger partial charge on any atom is 0.330 e. The van der Waals surface area contributed by atoms with Crippen molar-refractivity contribution < 1.29 is 66.7 Å². The van der Waals surface area contributed by atoms with Gasteiger partial charge in [0.05, 0.1) is 66.5 Å². The molecule has 1 N–H and O–H groups in total. The molecule has 2 fully saturated rings. The number of carbonyl (C=O) groups excluding carboxylic acids is 6. The molecule has 0 aliphatic heterocycles. The van der Waals surface area contributed by atoms with Crippen molar-refractivity contribution in [2.75, 3.05) is 36.8 Å². The third kappa shape index (κ3) is 20.5. The van der Waals surface area contributed by atoms with Gasteiger partial charge in [-0.15, -0.1) is 0 Å². The van der Waals surface area contributed by atoms with Crippen molar-refractivity contribution >= 4 is 91.7 Å². The summed E-state index contributed by atoms with van der Waals surface area (Å²) in [5.41, 5.74) is 1.78. The van der Waals surface area contributed by atoms with Crippen LogP contribution in [0.2, 0.25) is 0 Å². The van der Waals surface area contributed by atoms with Gasteiger partial charge in [0, 0.05) is 23.4 Å². The lowest BCUT2D eigenvalue weighted by Crippen LogP contribution is -2.31. The number of carbonyl (C=O) groups is 6. The first-order chi connectivity index (χ1) is 42.4. The number of thiazole rings is 1. The fraction of sp³-hybridized carbons (Fsp3) is 0.358. The van der Waals surface area contributed by atoms with Gasteiger partial charge in [-0.2, -0.15) is 10.1 Å². The minimum Gasteiger partial charge on any atom is -0.494 e. The molecule has 8 rings (SSSR count). The lowest BCUT2D eigenvalue weighted by Gasteiger charge is -2.26. The highest BCUT2D eigenvalue weighted by molar-refractivity contribution is 7.80. The average Bonchev–Trinajstić information content (AvgIpc) is 4.09. The number of hydrogen-bond acceptors (Lipinski definition) is 18. The van der Waals surface area contributed by atoms with Crippen LogP contribution in [0.5, 0.6) is 34.5 Å². The minimum atomic E-state index is -0.515. The second kappa shape index (κ2) is 33.8. The second-order valence-electron chi connectivity index (χ2n) is 21.0. The normalized spacial score (nSPS) is 16.4. The number of para-hydroxylation sites is 2. The number of nitrogens with zero attached hydrogens (tertiary/aromatic N) is 3. The van der Waals surface area contributed by atoms with Gasteiger partial charge in [0.1, 0.15) is 34.5 Å². The molecule has 0 bridgehead atoms. The predicted molar refractivity (Wildman–Crippen MR) is 335 cm³/mol. The largest absolute Gasteiger partial charge is 0.494 e.